The average molecular weight is 354 g/mol. The van der Waals surface area contributed by atoms with E-state index in [4.69, 9.17) is 4.74 Å². The Morgan fingerprint density at radius 3 is 2.36 bits per heavy atom. The Balaban J connectivity index is 2.82. The lowest BCUT2D eigenvalue weighted by molar-refractivity contribution is -0.0696. The molecule has 3 nitrogen and oxygen atoms in total. The lowest BCUT2D eigenvalue weighted by Crippen LogP contribution is -2.31. The molecule has 1 aromatic carbocycles. The van der Waals surface area contributed by atoms with Gasteiger partial charge in [-0.05, 0) is 48.9 Å². The topological polar surface area (TPSA) is 24.8 Å². The number of nitrogens with zero attached hydrogens (tertiary/aromatic N) is 2. The molecule has 0 aliphatic carbocycles. The summed E-state index contributed by atoms with van der Waals surface area (Å²) in [4.78, 5) is 6.50. The summed E-state index contributed by atoms with van der Waals surface area (Å²) in [6.45, 7) is 11.6. The average Bonchev–Trinajstić information content (AvgIpc) is 2.44. The van der Waals surface area contributed by atoms with Gasteiger partial charge in [0.1, 0.15) is 5.75 Å². The number of ether oxygens (including phenoxy) is 1. The number of alkyl halides is 2. The molecule has 0 amide bonds. The number of aryl methyl sites for hydroxylation is 2. The Hall–Kier alpha value is -1.65. The first-order valence-electron chi connectivity index (χ1n) is 8.80. The summed E-state index contributed by atoms with van der Waals surface area (Å²) in [5, 5.41) is 0. The molecule has 0 fully saturated rings. The van der Waals surface area contributed by atoms with Crippen LogP contribution in [0.3, 0.4) is 0 Å². The molecule has 0 aromatic heterocycles. The standard InChI is InChI=1S/C20H32F2N2O/c1-8-9-24(7)14-23-17-10-16(3)18(11-15(17)2)25-13-20(21,22)12-19(4,5)6/h10-11,14H,8-9,12-13H2,1-7H3/b23-14+. The van der Waals surface area contributed by atoms with Crippen molar-refractivity contribution in [3.05, 3.63) is 23.3 Å². The van der Waals surface area contributed by atoms with Crippen LogP contribution in [0.25, 0.3) is 0 Å². The van der Waals surface area contributed by atoms with E-state index in [0.717, 1.165) is 29.8 Å². The summed E-state index contributed by atoms with van der Waals surface area (Å²) in [6.07, 6.45) is 2.64. The predicted molar refractivity (Wildman–Crippen MR) is 102 cm³/mol. The highest BCUT2D eigenvalue weighted by molar-refractivity contribution is 5.64. The van der Waals surface area contributed by atoms with Crippen molar-refractivity contribution in [1.82, 2.24) is 4.90 Å². The van der Waals surface area contributed by atoms with Crippen molar-refractivity contribution in [3.8, 4) is 5.75 Å². The van der Waals surface area contributed by atoms with Gasteiger partial charge in [-0.1, -0.05) is 27.7 Å². The molecule has 0 radical (unpaired) electrons. The summed E-state index contributed by atoms with van der Waals surface area (Å²) in [5.74, 6) is -2.36. The van der Waals surface area contributed by atoms with Gasteiger partial charge in [0.25, 0.3) is 5.92 Å². The molecule has 0 heterocycles. The van der Waals surface area contributed by atoms with Gasteiger partial charge >= 0.3 is 0 Å². The van der Waals surface area contributed by atoms with E-state index in [9.17, 15) is 8.78 Å². The Bertz CT molecular complexity index is 592. The van der Waals surface area contributed by atoms with Crippen LogP contribution in [0.15, 0.2) is 17.1 Å². The largest absolute Gasteiger partial charge is 0.487 e. The van der Waals surface area contributed by atoms with E-state index < -0.39 is 17.9 Å². The first-order valence-corrected chi connectivity index (χ1v) is 8.80. The van der Waals surface area contributed by atoms with Gasteiger partial charge in [-0.25, -0.2) is 13.8 Å². The molecule has 142 valence electrons. The van der Waals surface area contributed by atoms with Crippen LogP contribution in [0, 0.1) is 19.3 Å². The molecule has 0 unspecified atom stereocenters. The molecule has 0 saturated heterocycles. The molecule has 0 aliphatic rings. The molecule has 0 spiro atoms. The SMILES string of the molecule is CCCN(C)/C=N/c1cc(C)c(OCC(F)(F)CC(C)(C)C)cc1C. The van der Waals surface area contributed by atoms with Crippen molar-refractivity contribution in [1.29, 1.82) is 0 Å². The highest BCUT2D eigenvalue weighted by Gasteiger charge is 2.35. The minimum absolute atomic E-state index is 0.204. The van der Waals surface area contributed by atoms with Crippen molar-refractivity contribution >= 4 is 12.0 Å². The first kappa shape index (κ1) is 21.4. The molecule has 0 bridgehead atoms. The second kappa shape index (κ2) is 8.63. The van der Waals surface area contributed by atoms with Crippen molar-refractivity contribution < 1.29 is 13.5 Å². The Morgan fingerprint density at radius 1 is 1.16 bits per heavy atom. The van der Waals surface area contributed by atoms with E-state index in [0.29, 0.717) is 5.75 Å². The van der Waals surface area contributed by atoms with E-state index in [1.165, 1.54) is 0 Å². The number of aliphatic imine (C=N–C) groups is 1. The van der Waals surface area contributed by atoms with Crippen LogP contribution in [0.4, 0.5) is 14.5 Å². The molecule has 1 rings (SSSR count). The number of halogens is 2. The minimum Gasteiger partial charge on any atom is -0.487 e. The maximum absolute atomic E-state index is 14.0. The monoisotopic (exact) mass is 354 g/mol. The minimum atomic E-state index is -2.85. The van der Waals surface area contributed by atoms with Crippen molar-refractivity contribution in [2.75, 3.05) is 20.2 Å². The van der Waals surface area contributed by atoms with Crippen molar-refractivity contribution in [3.63, 3.8) is 0 Å². The fourth-order valence-electron chi connectivity index (χ4n) is 2.65. The second-order valence-corrected chi connectivity index (χ2v) is 8.01. The fraction of sp³-hybridized carbons (Fsp3) is 0.650. The van der Waals surface area contributed by atoms with E-state index in [1.807, 2.05) is 31.9 Å². The molecule has 0 aliphatic heterocycles. The van der Waals surface area contributed by atoms with Gasteiger partial charge < -0.3 is 9.64 Å². The van der Waals surface area contributed by atoms with Crippen molar-refractivity contribution in [2.24, 2.45) is 10.4 Å². The van der Waals surface area contributed by atoms with E-state index in [-0.39, 0.29) is 6.42 Å². The molecule has 25 heavy (non-hydrogen) atoms. The third-order valence-corrected chi connectivity index (χ3v) is 3.69. The first-order chi connectivity index (χ1) is 11.4. The summed E-state index contributed by atoms with van der Waals surface area (Å²) in [6, 6.07) is 3.66. The third kappa shape index (κ3) is 7.84. The van der Waals surface area contributed by atoms with Gasteiger partial charge in [0, 0.05) is 20.0 Å². The molecular weight excluding hydrogens is 322 g/mol. The van der Waals surface area contributed by atoms with E-state index in [2.05, 4.69) is 11.9 Å². The lowest BCUT2D eigenvalue weighted by Gasteiger charge is -2.26. The third-order valence-electron chi connectivity index (χ3n) is 3.69. The molecule has 0 atom stereocenters. The van der Waals surface area contributed by atoms with Crippen LogP contribution in [0.1, 0.15) is 51.7 Å². The van der Waals surface area contributed by atoms with Gasteiger partial charge in [0.2, 0.25) is 0 Å². The van der Waals surface area contributed by atoms with Crippen LogP contribution >= 0.6 is 0 Å². The smallest absolute Gasteiger partial charge is 0.281 e. The lowest BCUT2D eigenvalue weighted by atomic mass is 9.89. The number of rotatable bonds is 8. The maximum Gasteiger partial charge on any atom is 0.281 e. The van der Waals surface area contributed by atoms with E-state index in [1.54, 1.807) is 33.2 Å². The number of benzene rings is 1. The summed E-state index contributed by atoms with van der Waals surface area (Å²) < 4.78 is 33.5. The predicted octanol–water partition coefficient (Wildman–Crippen LogP) is 5.76. The highest BCUT2D eigenvalue weighted by atomic mass is 19.3. The van der Waals surface area contributed by atoms with E-state index >= 15 is 0 Å². The van der Waals surface area contributed by atoms with Gasteiger partial charge in [-0.3, -0.25) is 0 Å². The Labute approximate surface area is 151 Å². The molecule has 0 N–H and O–H groups in total. The summed E-state index contributed by atoms with van der Waals surface area (Å²) in [7, 11) is 1.98. The summed E-state index contributed by atoms with van der Waals surface area (Å²) >= 11 is 0. The number of hydrogen-bond acceptors (Lipinski definition) is 2. The maximum atomic E-state index is 14.0. The normalized spacial score (nSPS) is 12.7. The zero-order valence-electron chi connectivity index (χ0n) is 16.6. The molecule has 5 heteroatoms. The zero-order chi connectivity index (χ0) is 19.3. The molecule has 1 aromatic rings. The Kier molecular flexibility index (Phi) is 7.39. The second-order valence-electron chi connectivity index (χ2n) is 8.01. The zero-order valence-corrected chi connectivity index (χ0v) is 16.6. The van der Waals surface area contributed by atoms with Crippen LogP contribution in [0.5, 0.6) is 5.75 Å². The molecule has 0 saturated carbocycles. The van der Waals surface area contributed by atoms with Crippen LogP contribution in [0.2, 0.25) is 0 Å². The number of hydrogen-bond donors (Lipinski definition) is 0. The highest BCUT2D eigenvalue weighted by Crippen LogP contribution is 2.33. The van der Waals surface area contributed by atoms with Crippen LogP contribution in [-0.2, 0) is 0 Å². The quantitative estimate of drug-likeness (QED) is 0.438. The van der Waals surface area contributed by atoms with Crippen molar-refractivity contribution in [2.45, 2.75) is 60.3 Å². The molecular formula is C20H32F2N2O. The van der Waals surface area contributed by atoms with Crippen LogP contribution < -0.4 is 4.74 Å². The summed E-state index contributed by atoms with van der Waals surface area (Å²) in [5.41, 5.74) is 2.10. The van der Waals surface area contributed by atoms with Crippen LogP contribution in [-0.4, -0.2) is 37.4 Å². The fourth-order valence-corrected chi connectivity index (χ4v) is 2.65. The Morgan fingerprint density at radius 2 is 1.80 bits per heavy atom. The van der Waals surface area contributed by atoms with Gasteiger partial charge in [-0.2, -0.15) is 0 Å². The van der Waals surface area contributed by atoms with Gasteiger partial charge in [-0.15, -0.1) is 0 Å². The van der Waals surface area contributed by atoms with Gasteiger partial charge in [0.15, 0.2) is 6.61 Å². The van der Waals surface area contributed by atoms with Gasteiger partial charge in [0.05, 0.1) is 12.0 Å².